The summed E-state index contributed by atoms with van der Waals surface area (Å²) in [6, 6.07) is 4.75. The summed E-state index contributed by atoms with van der Waals surface area (Å²) in [6.07, 6.45) is 3.44. The minimum atomic E-state index is -3.72. The molecule has 8 heteroatoms. The molecule has 2 atom stereocenters. The molecule has 2 unspecified atom stereocenters. The number of carbonyl (C=O) groups excluding carboxylic acids is 1. The molecule has 1 amide bonds. The molecule has 1 saturated carbocycles. The molecule has 138 valence electrons. The third-order valence-electron chi connectivity index (χ3n) is 4.98. The van der Waals surface area contributed by atoms with Gasteiger partial charge in [0.05, 0.1) is 10.8 Å². The first-order chi connectivity index (χ1) is 11.9. The Morgan fingerprint density at radius 3 is 2.56 bits per heavy atom. The van der Waals surface area contributed by atoms with Gasteiger partial charge < -0.3 is 11.1 Å². The van der Waals surface area contributed by atoms with Crippen molar-refractivity contribution in [1.82, 2.24) is 9.62 Å². The molecule has 0 radical (unpaired) electrons. The van der Waals surface area contributed by atoms with Crippen LogP contribution in [0, 0.1) is 17.7 Å². The van der Waals surface area contributed by atoms with Gasteiger partial charge in [-0.05, 0) is 55.9 Å². The lowest BCUT2D eigenvalue weighted by molar-refractivity contribution is -0.126. The lowest BCUT2D eigenvalue weighted by atomic mass is 9.98. The zero-order valence-corrected chi connectivity index (χ0v) is 14.8. The van der Waals surface area contributed by atoms with Crippen molar-refractivity contribution in [3.05, 3.63) is 30.1 Å². The number of hydrogen-bond donors (Lipinski definition) is 2. The maximum atomic E-state index is 13.0. The van der Waals surface area contributed by atoms with Crippen LogP contribution in [-0.2, 0) is 14.8 Å². The van der Waals surface area contributed by atoms with Gasteiger partial charge in [-0.3, -0.25) is 4.79 Å². The summed E-state index contributed by atoms with van der Waals surface area (Å²) >= 11 is 0. The van der Waals surface area contributed by atoms with Gasteiger partial charge in [0.25, 0.3) is 0 Å². The average Bonchev–Trinajstić information content (AvgIpc) is 3.45. The van der Waals surface area contributed by atoms with E-state index in [9.17, 15) is 17.6 Å². The summed E-state index contributed by atoms with van der Waals surface area (Å²) in [5, 5.41) is 2.98. The Labute approximate surface area is 147 Å². The van der Waals surface area contributed by atoms with Crippen molar-refractivity contribution in [3.8, 4) is 0 Å². The maximum absolute atomic E-state index is 13.0. The van der Waals surface area contributed by atoms with E-state index in [4.69, 9.17) is 5.73 Å². The molecular formula is C17H24FN3O3S. The van der Waals surface area contributed by atoms with Crippen molar-refractivity contribution in [2.24, 2.45) is 17.6 Å². The Morgan fingerprint density at radius 1 is 1.28 bits per heavy atom. The first kappa shape index (κ1) is 18.3. The highest BCUT2D eigenvalue weighted by Gasteiger charge is 2.36. The predicted molar refractivity (Wildman–Crippen MR) is 91.6 cm³/mol. The highest BCUT2D eigenvalue weighted by atomic mass is 32.2. The number of sulfonamides is 1. The number of halogens is 1. The van der Waals surface area contributed by atoms with Crippen LogP contribution in [0.4, 0.5) is 4.39 Å². The van der Waals surface area contributed by atoms with Crippen LogP contribution in [-0.4, -0.2) is 44.3 Å². The molecule has 0 spiro atoms. The number of carbonyl (C=O) groups is 1. The second kappa shape index (κ2) is 7.39. The maximum Gasteiger partial charge on any atom is 0.243 e. The van der Waals surface area contributed by atoms with Gasteiger partial charge in [-0.1, -0.05) is 0 Å². The number of rotatable bonds is 6. The lowest BCUT2D eigenvalue weighted by Gasteiger charge is -2.32. The van der Waals surface area contributed by atoms with Gasteiger partial charge in [0.1, 0.15) is 5.82 Å². The molecule has 3 rings (SSSR count). The smallest absolute Gasteiger partial charge is 0.243 e. The number of hydrogen-bond acceptors (Lipinski definition) is 4. The molecule has 0 aromatic heterocycles. The number of nitrogens with one attached hydrogen (secondary N) is 1. The Kier molecular flexibility index (Phi) is 5.41. The minimum absolute atomic E-state index is 0.0171. The number of nitrogens with two attached hydrogens (primary N) is 1. The second-order valence-corrected chi connectivity index (χ2v) is 8.78. The Morgan fingerprint density at radius 2 is 1.96 bits per heavy atom. The van der Waals surface area contributed by atoms with Crippen LogP contribution in [0.1, 0.15) is 25.7 Å². The molecule has 2 aliphatic rings. The second-order valence-electron chi connectivity index (χ2n) is 6.84. The topological polar surface area (TPSA) is 92.5 Å². The lowest BCUT2D eigenvalue weighted by Crippen LogP contribution is -2.49. The Balaban J connectivity index is 1.67. The van der Waals surface area contributed by atoms with Crippen molar-refractivity contribution in [2.45, 2.75) is 36.6 Å². The molecule has 1 heterocycles. The molecular weight excluding hydrogens is 345 g/mol. The third kappa shape index (κ3) is 4.19. The van der Waals surface area contributed by atoms with Crippen LogP contribution >= 0.6 is 0 Å². The van der Waals surface area contributed by atoms with Gasteiger partial charge in [-0.2, -0.15) is 4.31 Å². The first-order valence-corrected chi connectivity index (χ1v) is 10.1. The zero-order chi connectivity index (χ0) is 18.0. The number of nitrogens with zero attached hydrogens (tertiary/aromatic N) is 1. The van der Waals surface area contributed by atoms with E-state index in [1.807, 2.05) is 0 Å². The minimum Gasteiger partial charge on any atom is -0.352 e. The van der Waals surface area contributed by atoms with E-state index >= 15 is 0 Å². The van der Waals surface area contributed by atoms with Gasteiger partial charge in [0, 0.05) is 25.7 Å². The highest BCUT2D eigenvalue weighted by Crippen LogP contribution is 2.32. The standard InChI is InChI=1S/C17H24FN3O3S/c18-14-5-7-15(8-6-14)25(23,24)21-9-1-2-13(11-21)17(22)20-16(10-19)12-3-4-12/h5-8,12-13,16H,1-4,9-11,19H2,(H,20,22). The molecule has 1 saturated heterocycles. The van der Waals surface area contributed by atoms with Gasteiger partial charge in [0.15, 0.2) is 0 Å². The van der Waals surface area contributed by atoms with Gasteiger partial charge in [0.2, 0.25) is 15.9 Å². The fraction of sp³-hybridized carbons (Fsp3) is 0.588. The van der Waals surface area contributed by atoms with E-state index in [0.717, 1.165) is 25.0 Å². The molecule has 25 heavy (non-hydrogen) atoms. The van der Waals surface area contributed by atoms with E-state index in [1.165, 1.54) is 16.4 Å². The molecule has 6 nitrogen and oxygen atoms in total. The monoisotopic (exact) mass is 369 g/mol. The van der Waals surface area contributed by atoms with Crippen molar-refractivity contribution < 1.29 is 17.6 Å². The number of amides is 1. The molecule has 1 aliphatic carbocycles. The molecule has 1 aromatic carbocycles. The summed E-state index contributed by atoms with van der Waals surface area (Å²) in [7, 11) is -3.72. The third-order valence-corrected chi connectivity index (χ3v) is 6.86. The molecule has 1 aliphatic heterocycles. The van der Waals surface area contributed by atoms with E-state index < -0.39 is 15.8 Å². The van der Waals surface area contributed by atoms with Crippen LogP contribution in [0.5, 0.6) is 0 Å². The summed E-state index contributed by atoms with van der Waals surface area (Å²) in [6.45, 7) is 0.917. The normalized spacial score (nSPS) is 23.2. The quantitative estimate of drug-likeness (QED) is 0.785. The fourth-order valence-corrected chi connectivity index (χ4v) is 4.82. The van der Waals surface area contributed by atoms with E-state index in [0.29, 0.717) is 31.8 Å². The molecule has 2 fully saturated rings. The first-order valence-electron chi connectivity index (χ1n) is 8.68. The van der Waals surface area contributed by atoms with E-state index in [1.54, 1.807) is 0 Å². The average molecular weight is 369 g/mol. The van der Waals surface area contributed by atoms with E-state index in [-0.39, 0.29) is 29.3 Å². The van der Waals surface area contributed by atoms with Gasteiger partial charge >= 0.3 is 0 Å². The van der Waals surface area contributed by atoms with E-state index in [2.05, 4.69) is 5.32 Å². The summed E-state index contributed by atoms with van der Waals surface area (Å²) in [4.78, 5) is 12.6. The number of benzene rings is 1. The van der Waals surface area contributed by atoms with Crippen LogP contribution < -0.4 is 11.1 Å². The van der Waals surface area contributed by atoms with Gasteiger partial charge in [-0.15, -0.1) is 0 Å². The summed E-state index contributed by atoms with van der Waals surface area (Å²) in [5.74, 6) is -0.530. The van der Waals surface area contributed by atoms with Crippen LogP contribution in [0.15, 0.2) is 29.2 Å². The zero-order valence-electron chi connectivity index (χ0n) is 14.0. The summed E-state index contributed by atoms with van der Waals surface area (Å²) in [5.41, 5.74) is 5.72. The van der Waals surface area contributed by atoms with Crippen molar-refractivity contribution in [3.63, 3.8) is 0 Å². The molecule has 0 bridgehead atoms. The fourth-order valence-electron chi connectivity index (χ4n) is 3.30. The largest absolute Gasteiger partial charge is 0.352 e. The van der Waals surface area contributed by atoms with Crippen molar-refractivity contribution >= 4 is 15.9 Å². The summed E-state index contributed by atoms with van der Waals surface area (Å²) < 4.78 is 39.8. The molecule has 1 aromatic rings. The van der Waals surface area contributed by atoms with Crippen molar-refractivity contribution in [2.75, 3.05) is 19.6 Å². The Bertz CT molecular complexity index is 719. The van der Waals surface area contributed by atoms with Crippen LogP contribution in [0.25, 0.3) is 0 Å². The van der Waals surface area contributed by atoms with Gasteiger partial charge in [-0.25, -0.2) is 12.8 Å². The SMILES string of the molecule is NCC(NC(=O)C1CCCN(S(=O)(=O)c2ccc(F)cc2)C1)C1CC1. The Hall–Kier alpha value is -1.51. The number of piperidine rings is 1. The highest BCUT2D eigenvalue weighted by molar-refractivity contribution is 7.89. The predicted octanol–water partition coefficient (Wildman–Crippen LogP) is 1.08. The van der Waals surface area contributed by atoms with Crippen LogP contribution in [0.2, 0.25) is 0 Å². The molecule has 3 N–H and O–H groups in total. The van der Waals surface area contributed by atoms with Crippen molar-refractivity contribution in [1.29, 1.82) is 0 Å². The van der Waals surface area contributed by atoms with Crippen LogP contribution in [0.3, 0.4) is 0 Å².